The van der Waals surface area contributed by atoms with Crippen molar-refractivity contribution in [2.75, 3.05) is 11.5 Å². The molecule has 0 aliphatic heterocycles. The van der Waals surface area contributed by atoms with E-state index in [9.17, 15) is 0 Å². The van der Waals surface area contributed by atoms with Crippen molar-refractivity contribution in [3.05, 3.63) is 35.9 Å². The number of unbranched alkanes of at least 4 members (excludes halogenated alkanes) is 6. The predicted octanol–water partition coefficient (Wildman–Crippen LogP) is 5.30. The van der Waals surface area contributed by atoms with E-state index in [-0.39, 0.29) is 0 Å². The number of hydrogen-bond acceptors (Lipinski definition) is 2. The highest BCUT2D eigenvalue weighted by molar-refractivity contribution is 6.00. The minimum absolute atomic E-state index is 0.807. The summed E-state index contributed by atoms with van der Waals surface area (Å²) in [5, 5.41) is 2.16. The average Bonchev–Trinajstić information content (AvgIpc) is 2.50. The zero-order chi connectivity index (χ0) is 15.1. The molecule has 0 aromatic heterocycles. The topological polar surface area (TPSA) is 52.0 Å². The maximum Gasteiger partial charge on any atom is 0.0395 e. The second kappa shape index (κ2) is 7.92. The molecule has 2 rings (SSSR count). The van der Waals surface area contributed by atoms with E-state index < -0.39 is 0 Å². The standard InChI is InChI=1S/C19H28N2/c1-2-3-4-5-6-7-8-9-15-10-11-16-17(14-15)19(21)13-12-18(16)20/h10-14H,2-9,20-21H2,1H3. The van der Waals surface area contributed by atoms with E-state index >= 15 is 0 Å². The summed E-state index contributed by atoms with van der Waals surface area (Å²) in [4.78, 5) is 0. The van der Waals surface area contributed by atoms with Crippen LogP contribution in [0.25, 0.3) is 10.8 Å². The number of anilines is 2. The van der Waals surface area contributed by atoms with E-state index in [1.165, 1.54) is 50.5 Å². The highest BCUT2D eigenvalue weighted by atomic mass is 14.6. The summed E-state index contributed by atoms with van der Waals surface area (Å²) in [7, 11) is 0. The van der Waals surface area contributed by atoms with Crippen molar-refractivity contribution in [2.45, 2.75) is 58.3 Å². The smallest absolute Gasteiger partial charge is 0.0395 e. The SMILES string of the molecule is CCCCCCCCCc1ccc2c(N)ccc(N)c2c1. The molecule has 4 N–H and O–H groups in total. The van der Waals surface area contributed by atoms with Gasteiger partial charge in [0, 0.05) is 22.1 Å². The van der Waals surface area contributed by atoms with Crippen LogP contribution in [0.2, 0.25) is 0 Å². The van der Waals surface area contributed by atoms with E-state index in [1.54, 1.807) is 0 Å². The van der Waals surface area contributed by atoms with E-state index in [1.807, 2.05) is 12.1 Å². The number of rotatable bonds is 8. The molecule has 114 valence electrons. The molecule has 0 bridgehead atoms. The third kappa shape index (κ3) is 4.38. The van der Waals surface area contributed by atoms with Crippen LogP contribution in [0.5, 0.6) is 0 Å². The molecular formula is C19H28N2. The number of hydrogen-bond donors (Lipinski definition) is 2. The Balaban J connectivity index is 1.87. The molecule has 0 radical (unpaired) electrons. The summed E-state index contributed by atoms with van der Waals surface area (Å²) in [5.41, 5.74) is 15.1. The summed E-state index contributed by atoms with van der Waals surface area (Å²) in [6, 6.07) is 10.3. The zero-order valence-electron chi connectivity index (χ0n) is 13.2. The molecule has 2 heteroatoms. The van der Waals surface area contributed by atoms with Crippen LogP contribution < -0.4 is 11.5 Å². The number of aryl methyl sites for hydroxylation is 1. The molecule has 0 saturated heterocycles. The van der Waals surface area contributed by atoms with Gasteiger partial charge in [-0.1, -0.05) is 57.6 Å². The lowest BCUT2D eigenvalue weighted by Crippen LogP contribution is -1.94. The van der Waals surface area contributed by atoms with Crippen molar-refractivity contribution in [3.8, 4) is 0 Å². The number of benzene rings is 2. The first-order valence-electron chi connectivity index (χ1n) is 8.29. The molecule has 0 amide bonds. The lowest BCUT2D eigenvalue weighted by Gasteiger charge is -2.08. The van der Waals surface area contributed by atoms with Crippen LogP contribution in [0.1, 0.15) is 57.4 Å². The number of fused-ring (bicyclic) bond motifs is 1. The molecule has 0 unspecified atom stereocenters. The zero-order valence-corrected chi connectivity index (χ0v) is 13.2. The van der Waals surface area contributed by atoms with Gasteiger partial charge in [0.05, 0.1) is 0 Å². The van der Waals surface area contributed by atoms with E-state index in [2.05, 4.69) is 25.1 Å². The Hall–Kier alpha value is -1.70. The third-order valence-electron chi connectivity index (χ3n) is 4.22. The molecule has 0 atom stereocenters. The molecule has 2 aromatic rings. The molecule has 0 heterocycles. The van der Waals surface area contributed by atoms with E-state index in [0.29, 0.717) is 0 Å². The minimum atomic E-state index is 0.807. The van der Waals surface area contributed by atoms with E-state index in [0.717, 1.165) is 28.6 Å². The highest BCUT2D eigenvalue weighted by Gasteiger charge is 2.03. The summed E-state index contributed by atoms with van der Waals surface area (Å²) < 4.78 is 0. The second-order valence-electron chi connectivity index (χ2n) is 6.00. The molecule has 0 saturated carbocycles. The molecule has 0 aliphatic rings. The van der Waals surface area contributed by atoms with Crippen molar-refractivity contribution in [2.24, 2.45) is 0 Å². The van der Waals surface area contributed by atoms with Gasteiger partial charge in [0.25, 0.3) is 0 Å². The van der Waals surface area contributed by atoms with Gasteiger partial charge >= 0.3 is 0 Å². The van der Waals surface area contributed by atoms with Gasteiger partial charge in [0.1, 0.15) is 0 Å². The Kier molecular flexibility index (Phi) is 5.91. The Labute approximate surface area is 128 Å². The van der Waals surface area contributed by atoms with Gasteiger partial charge in [-0.15, -0.1) is 0 Å². The van der Waals surface area contributed by atoms with Gasteiger partial charge < -0.3 is 11.5 Å². The van der Waals surface area contributed by atoms with Crippen molar-refractivity contribution in [1.82, 2.24) is 0 Å². The number of nitrogen functional groups attached to an aromatic ring is 2. The number of nitrogens with two attached hydrogens (primary N) is 2. The first kappa shape index (κ1) is 15.7. The Bertz CT molecular complexity index is 575. The van der Waals surface area contributed by atoms with Crippen molar-refractivity contribution < 1.29 is 0 Å². The van der Waals surface area contributed by atoms with Crippen molar-refractivity contribution in [1.29, 1.82) is 0 Å². The lowest BCUT2D eigenvalue weighted by atomic mass is 10.00. The molecule has 21 heavy (non-hydrogen) atoms. The third-order valence-corrected chi connectivity index (χ3v) is 4.22. The second-order valence-corrected chi connectivity index (χ2v) is 6.00. The molecular weight excluding hydrogens is 256 g/mol. The van der Waals surface area contributed by atoms with Gasteiger partial charge in [-0.2, -0.15) is 0 Å². The van der Waals surface area contributed by atoms with Crippen LogP contribution in [0.15, 0.2) is 30.3 Å². The van der Waals surface area contributed by atoms with Gasteiger partial charge in [-0.3, -0.25) is 0 Å². The van der Waals surface area contributed by atoms with Gasteiger partial charge in [-0.25, -0.2) is 0 Å². The molecule has 0 spiro atoms. The molecule has 0 aliphatic carbocycles. The van der Waals surface area contributed by atoms with Gasteiger partial charge in [0.2, 0.25) is 0 Å². The lowest BCUT2D eigenvalue weighted by molar-refractivity contribution is 0.589. The fraction of sp³-hybridized carbons (Fsp3) is 0.474. The van der Waals surface area contributed by atoms with Crippen LogP contribution in [0.4, 0.5) is 11.4 Å². The quantitative estimate of drug-likeness (QED) is 0.510. The summed E-state index contributed by atoms with van der Waals surface area (Å²) in [5.74, 6) is 0. The van der Waals surface area contributed by atoms with Crippen LogP contribution >= 0.6 is 0 Å². The molecule has 2 nitrogen and oxygen atoms in total. The van der Waals surface area contributed by atoms with E-state index in [4.69, 9.17) is 11.5 Å². The summed E-state index contributed by atoms with van der Waals surface area (Å²) >= 11 is 0. The largest absolute Gasteiger partial charge is 0.398 e. The summed E-state index contributed by atoms with van der Waals surface area (Å²) in [6.45, 7) is 2.26. The maximum absolute atomic E-state index is 6.06. The fourth-order valence-corrected chi connectivity index (χ4v) is 2.88. The first-order chi connectivity index (χ1) is 10.2. The van der Waals surface area contributed by atoms with Crippen LogP contribution in [0.3, 0.4) is 0 Å². The fourth-order valence-electron chi connectivity index (χ4n) is 2.88. The normalized spacial score (nSPS) is 11.1. The Morgan fingerprint density at radius 2 is 1.33 bits per heavy atom. The maximum atomic E-state index is 6.06. The highest BCUT2D eigenvalue weighted by Crippen LogP contribution is 2.27. The van der Waals surface area contributed by atoms with Gasteiger partial charge in [-0.05, 0) is 36.6 Å². The van der Waals surface area contributed by atoms with Crippen LogP contribution in [-0.2, 0) is 6.42 Å². The summed E-state index contributed by atoms with van der Waals surface area (Å²) in [6.07, 6.45) is 10.6. The predicted molar refractivity (Wildman–Crippen MR) is 94.5 cm³/mol. The van der Waals surface area contributed by atoms with Crippen molar-refractivity contribution >= 4 is 22.1 Å². The van der Waals surface area contributed by atoms with Crippen LogP contribution in [0, 0.1) is 0 Å². The minimum Gasteiger partial charge on any atom is -0.398 e. The Morgan fingerprint density at radius 3 is 2.05 bits per heavy atom. The average molecular weight is 284 g/mol. The first-order valence-corrected chi connectivity index (χ1v) is 8.29. The molecule has 0 fully saturated rings. The Morgan fingerprint density at radius 1 is 0.714 bits per heavy atom. The van der Waals surface area contributed by atoms with Crippen LogP contribution in [-0.4, -0.2) is 0 Å². The molecule has 2 aromatic carbocycles. The monoisotopic (exact) mass is 284 g/mol. The van der Waals surface area contributed by atoms with Gasteiger partial charge in [0.15, 0.2) is 0 Å². The van der Waals surface area contributed by atoms with Crippen molar-refractivity contribution in [3.63, 3.8) is 0 Å².